The van der Waals surface area contributed by atoms with Crippen LogP contribution in [0.4, 0.5) is 19.0 Å². The molecule has 3 heterocycles. The fourth-order valence-corrected chi connectivity index (χ4v) is 2.88. The van der Waals surface area contributed by atoms with Crippen molar-refractivity contribution in [3.63, 3.8) is 0 Å². The van der Waals surface area contributed by atoms with E-state index in [9.17, 15) is 18.0 Å². The van der Waals surface area contributed by atoms with Crippen LogP contribution in [0.15, 0.2) is 24.7 Å². The largest absolute Gasteiger partial charge is 0.486 e. The number of carbonyl (C=O) groups excluding carboxylic acids is 1. The molecule has 0 unspecified atom stereocenters. The Hall–Kier alpha value is -3.08. The fourth-order valence-electron chi connectivity index (χ4n) is 2.72. The Morgan fingerprint density at radius 2 is 2.00 bits per heavy atom. The molecule has 0 saturated heterocycles. The van der Waals surface area contributed by atoms with Crippen LogP contribution in [0.3, 0.4) is 0 Å². The second kappa shape index (κ2) is 8.96. The Morgan fingerprint density at radius 1 is 1.26 bits per heavy atom. The van der Waals surface area contributed by atoms with Crippen molar-refractivity contribution in [3.05, 3.63) is 29.7 Å². The Morgan fingerprint density at radius 3 is 2.68 bits per heavy atom. The predicted octanol–water partition coefficient (Wildman–Crippen LogP) is 3.94. The number of ether oxygens (including phenoxy) is 1. The zero-order chi connectivity index (χ0) is 22.8. The highest BCUT2D eigenvalue weighted by molar-refractivity contribution is 6.31. The van der Waals surface area contributed by atoms with Gasteiger partial charge in [0.25, 0.3) is 0 Å². The number of alkyl halides is 3. The lowest BCUT2D eigenvalue weighted by Crippen LogP contribution is -2.42. The summed E-state index contributed by atoms with van der Waals surface area (Å²) >= 11 is 6.04. The lowest BCUT2D eigenvalue weighted by molar-refractivity contribution is -0.138. The predicted molar refractivity (Wildman–Crippen MR) is 110 cm³/mol. The maximum Gasteiger partial charge on any atom is 0.405 e. The number of rotatable bonds is 7. The van der Waals surface area contributed by atoms with Crippen LogP contribution in [0.2, 0.25) is 5.02 Å². The van der Waals surface area contributed by atoms with Crippen molar-refractivity contribution in [2.75, 3.05) is 11.9 Å². The van der Waals surface area contributed by atoms with E-state index in [4.69, 9.17) is 16.3 Å². The second-order valence-electron chi connectivity index (χ2n) is 7.02. The number of nitrogens with zero attached hydrogens (tertiary/aromatic N) is 3. The average Bonchev–Trinajstić information content (AvgIpc) is 3.09. The summed E-state index contributed by atoms with van der Waals surface area (Å²) in [7, 11) is 0. The van der Waals surface area contributed by atoms with Crippen LogP contribution in [0, 0.1) is 0 Å². The highest BCUT2D eigenvalue weighted by atomic mass is 35.5. The molecule has 8 nitrogen and oxygen atoms in total. The smallest absolute Gasteiger partial charge is 0.405 e. The number of aromatic amines is 1. The number of amides is 1. The van der Waals surface area contributed by atoms with Gasteiger partial charge in [-0.15, -0.1) is 0 Å². The summed E-state index contributed by atoms with van der Waals surface area (Å²) < 4.78 is 42.8. The lowest BCUT2D eigenvalue weighted by Gasteiger charge is -2.19. The van der Waals surface area contributed by atoms with Crippen LogP contribution in [-0.4, -0.2) is 50.7 Å². The normalized spacial score (nSPS) is 12.8. The van der Waals surface area contributed by atoms with Crippen LogP contribution in [0.25, 0.3) is 22.4 Å². The monoisotopic (exact) mass is 456 g/mol. The molecule has 31 heavy (non-hydrogen) atoms. The van der Waals surface area contributed by atoms with Gasteiger partial charge < -0.3 is 20.4 Å². The zero-order valence-corrected chi connectivity index (χ0v) is 17.6. The molecular formula is C19H20ClF3N6O2. The molecule has 0 aliphatic heterocycles. The molecule has 3 aromatic heterocycles. The fraction of sp³-hybridized carbons (Fsp3) is 0.368. The zero-order valence-electron chi connectivity index (χ0n) is 16.8. The summed E-state index contributed by atoms with van der Waals surface area (Å²) in [4.78, 5) is 28.0. The molecule has 0 fully saturated rings. The number of anilines is 1. The highest BCUT2D eigenvalue weighted by Crippen LogP contribution is 2.31. The molecule has 0 saturated carbocycles. The maximum absolute atomic E-state index is 12.4. The third-order valence-corrected chi connectivity index (χ3v) is 4.27. The van der Waals surface area contributed by atoms with E-state index in [1.165, 1.54) is 19.3 Å². The molecule has 1 amide bonds. The third kappa shape index (κ3) is 5.75. The van der Waals surface area contributed by atoms with Crippen LogP contribution >= 0.6 is 11.6 Å². The second-order valence-corrected chi connectivity index (χ2v) is 7.46. The SMILES string of the molecule is CC(C)Oc1cnc(-c2c[nH]c3ncc(Cl)cc23)nc1N[C@@H](C)C(=O)NCC(F)(F)F. The van der Waals surface area contributed by atoms with Gasteiger partial charge in [-0.25, -0.2) is 15.0 Å². The van der Waals surface area contributed by atoms with Gasteiger partial charge in [-0.05, 0) is 26.8 Å². The van der Waals surface area contributed by atoms with E-state index < -0.39 is 24.7 Å². The van der Waals surface area contributed by atoms with E-state index >= 15 is 0 Å². The third-order valence-electron chi connectivity index (χ3n) is 4.07. The van der Waals surface area contributed by atoms with Gasteiger partial charge in [0, 0.05) is 23.3 Å². The summed E-state index contributed by atoms with van der Waals surface area (Å²) in [5, 5.41) is 5.76. The summed E-state index contributed by atoms with van der Waals surface area (Å²) in [5.41, 5.74) is 1.19. The molecule has 3 rings (SSSR count). The van der Waals surface area contributed by atoms with Crippen molar-refractivity contribution in [1.29, 1.82) is 0 Å². The number of halogens is 4. The van der Waals surface area contributed by atoms with Gasteiger partial charge in [-0.1, -0.05) is 11.6 Å². The molecule has 3 N–H and O–H groups in total. The first-order chi connectivity index (χ1) is 14.5. The van der Waals surface area contributed by atoms with E-state index in [1.807, 2.05) is 5.32 Å². The van der Waals surface area contributed by atoms with Crippen LogP contribution < -0.4 is 15.4 Å². The minimum atomic E-state index is -4.51. The van der Waals surface area contributed by atoms with Crippen molar-refractivity contribution in [3.8, 4) is 17.1 Å². The Bertz CT molecular complexity index is 1090. The summed E-state index contributed by atoms with van der Waals surface area (Å²) in [6.45, 7) is 3.59. The molecule has 0 aliphatic carbocycles. The van der Waals surface area contributed by atoms with Gasteiger partial charge in [0.1, 0.15) is 18.2 Å². The lowest BCUT2D eigenvalue weighted by atomic mass is 10.2. The molecular weight excluding hydrogens is 437 g/mol. The van der Waals surface area contributed by atoms with Crippen LogP contribution in [0.5, 0.6) is 5.75 Å². The summed E-state index contributed by atoms with van der Waals surface area (Å²) in [6.07, 6.45) is -0.134. The van der Waals surface area contributed by atoms with E-state index in [2.05, 4.69) is 25.3 Å². The molecule has 0 aromatic carbocycles. The number of H-pyrrole nitrogens is 1. The van der Waals surface area contributed by atoms with E-state index in [1.54, 1.807) is 26.1 Å². The van der Waals surface area contributed by atoms with Gasteiger partial charge in [0.2, 0.25) is 5.91 Å². The van der Waals surface area contributed by atoms with Crippen molar-refractivity contribution in [2.24, 2.45) is 0 Å². The van der Waals surface area contributed by atoms with Crippen LogP contribution in [0.1, 0.15) is 20.8 Å². The Labute approximate surface area is 180 Å². The molecule has 0 radical (unpaired) electrons. The Kier molecular flexibility index (Phi) is 6.54. The number of aromatic nitrogens is 4. The average molecular weight is 457 g/mol. The topological polar surface area (TPSA) is 105 Å². The standard InChI is InChI=1S/C19H20ClF3N6O2/c1-9(2)31-14-7-26-16(13-6-25-15-12(13)4-11(20)5-24-15)29-17(14)28-10(3)18(30)27-8-19(21,22)23/h4-7,9-10H,8H2,1-3H3,(H,24,25)(H,27,30)(H,26,28,29)/t10-/m0/s1. The van der Waals surface area contributed by atoms with Gasteiger partial charge in [-0.3, -0.25) is 4.79 Å². The summed E-state index contributed by atoms with van der Waals surface area (Å²) in [5.74, 6) is -0.129. The molecule has 0 aliphatic rings. The number of hydrogen-bond donors (Lipinski definition) is 3. The number of fused-ring (bicyclic) bond motifs is 1. The first-order valence-corrected chi connectivity index (χ1v) is 9.69. The number of carbonyl (C=O) groups is 1. The van der Waals surface area contributed by atoms with Gasteiger partial charge in [-0.2, -0.15) is 13.2 Å². The number of pyridine rings is 1. The Balaban J connectivity index is 1.91. The summed E-state index contributed by atoms with van der Waals surface area (Å²) in [6, 6.07) is 0.691. The molecule has 0 bridgehead atoms. The molecule has 3 aromatic rings. The molecule has 0 spiro atoms. The first-order valence-electron chi connectivity index (χ1n) is 9.31. The first kappa shape index (κ1) is 22.6. The van der Waals surface area contributed by atoms with Crippen LogP contribution in [-0.2, 0) is 4.79 Å². The van der Waals surface area contributed by atoms with Crippen molar-refractivity contribution < 1.29 is 22.7 Å². The van der Waals surface area contributed by atoms with Gasteiger partial charge in [0.15, 0.2) is 17.4 Å². The molecule has 12 heteroatoms. The maximum atomic E-state index is 12.4. The van der Waals surface area contributed by atoms with Gasteiger partial charge in [0.05, 0.1) is 17.3 Å². The quantitative estimate of drug-likeness (QED) is 0.497. The van der Waals surface area contributed by atoms with Crippen molar-refractivity contribution >= 4 is 34.4 Å². The van der Waals surface area contributed by atoms with E-state index in [0.717, 1.165) is 0 Å². The van der Waals surface area contributed by atoms with Crippen molar-refractivity contribution in [1.82, 2.24) is 25.3 Å². The van der Waals surface area contributed by atoms with Crippen molar-refractivity contribution in [2.45, 2.75) is 39.1 Å². The van der Waals surface area contributed by atoms with E-state index in [0.29, 0.717) is 21.6 Å². The minimum absolute atomic E-state index is 0.165. The van der Waals surface area contributed by atoms with Gasteiger partial charge >= 0.3 is 6.18 Å². The molecule has 1 atom stereocenters. The molecule has 166 valence electrons. The number of nitrogens with one attached hydrogen (secondary N) is 3. The number of hydrogen-bond acceptors (Lipinski definition) is 6. The minimum Gasteiger partial charge on any atom is -0.486 e. The highest BCUT2D eigenvalue weighted by Gasteiger charge is 2.29. The van der Waals surface area contributed by atoms with E-state index in [-0.39, 0.29) is 23.5 Å².